The van der Waals surface area contributed by atoms with Crippen LogP contribution in [0, 0.1) is 5.82 Å². The number of aliphatic hydroxyl groups excluding tert-OH is 1. The molecular weight excluding hydrogens is 299 g/mol. The van der Waals surface area contributed by atoms with Gasteiger partial charge >= 0.3 is 0 Å². The average molecular weight is 316 g/mol. The molecule has 0 unspecified atom stereocenters. The number of carbonyl (C=O) groups is 1. The third-order valence-electron chi connectivity index (χ3n) is 4.53. The highest BCUT2D eigenvalue weighted by atomic mass is 19.1. The summed E-state index contributed by atoms with van der Waals surface area (Å²) in [5, 5.41) is 13.9. The van der Waals surface area contributed by atoms with Crippen molar-refractivity contribution in [3.8, 4) is 0 Å². The standard InChI is InChI=1S/C17H17FN2O3/c18-12-5-3-11(4-6-12)15-7-13(21)9-20(15)17(22)16-8-14(19-23-16)10-1-2-10/h3-6,8,10,13,15,21H,1-2,7,9H2/t13-,15-/m0/s1. The Kier molecular flexibility index (Phi) is 3.41. The molecule has 1 aliphatic carbocycles. The van der Waals surface area contributed by atoms with E-state index in [0.717, 1.165) is 24.1 Å². The van der Waals surface area contributed by atoms with Gasteiger partial charge in [-0.2, -0.15) is 0 Å². The fraction of sp³-hybridized carbons (Fsp3) is 0.412. The van der Waals surface area contributed by atoms with Crippen LogP contribution in [0.3, 0.4) is 0 Å². The van der Waals surface area contributed by atoms with Gasteiger partial charge in [0, 0.05) is 18.5 Å². The predicted molar refractivity (Wildman–Crippen MR) is 79.3 cm³/mol. The summed E-state index contributed by atoms with van der Waals surface area (Å²) in [6.45, 7) is 0.236. The molecule has 2 heterocycles. The first kappa shape index (κ1) is 14.4. The Morgan fingerprint density at radius 3 is 2.74 bits per heavy atom. The van der Waals surface area contributed by atoms with Crippen molar-refractivity contribution in [2.45, 2.75) is 37.3 Å². The van der Waals surface area contributed by atoms with Crippen molar-refractivity contribution in [3.63, 3.8) is 0 Å². The van der Waals surface area contributed by atoms with Gasteiger partial charge in [-0.3, -0.25) is 4.79 Å². The highest BCUT2D eigenvalue weighted by molar-refractivity contribution is 5.92. The molecule has 5 nitrogen and oxygen atoms in total. The lowest BCUT2D eigenvalue weighted by Crippen LogP contribution is -2.31. The second kappa shape index (κ2) is 5.45. The summed E-state index contributed by atoms with van der Waals surface area (Å²) in [5.74, 6) is 0.00947. The van der Waals surface area contributed by atoms with Crippen LogP contribution in [0.25, 0.3) is 0 Å². The summed E-state index contributed by atoms with van der Waals surface area (Å²) in [4.78, 5) is 14.3. The van der Waals surface area contributed by atoms with E-state index in [1.54, 1.807) is 23.1 Å². The molecule has 0 bridgehead atoms. The molecule has 2 aromatic rings. The first-order valence-electron chi connectivity index (χ1n) is 7.83. The lowest BCUT2D eigenvalue weighted by atomic mass is 10.0. The van der Waals surface area contributed by atoms with Crippen LogP contribution < -0.4 is 0 Å². The Morgan fingerprint density at radius 2 is 2.04 bits per heavy atom. The van der Waals surface area contributed by atoms with E-state index in [9.17, 15) is 14.3 Å². The van der Waals surface area contributed by atoms with Gasteiger partial charge in [-0.05, 0) is 37.0 Å². The Bertz CT molecular complexity index is 724. The molecule has 1 amide bonds. The van der Waals surface area contributed by atoms with Crippen LogP contribution in [0.4, 0.5) is 4.39 Å². The zero-order valence-electron chi connectivity index (χ0n) is 12.5. The second-order valence-corrected chi connectivity index (χ2v) is 6.30. The molecule has 1 saturated heterocycles. The molecule has 4 rings (SSSR count). The predicted octanol–water partition coefficient (Wildman–Crippen LogP) is 2.64. The molecule has 2 fully saturated rings. The largest absolute Gasteiger partial charge is 0.391 e. The molecule has 2 atom stereocenters. The van der Waals surface area contributed by atoms with E-state index in [0.29, 0.717) is 12.3 Å². The maximum absolute atomic E-state index is 13.1. The van der Waals surface area contributed by atoms with Gasteiger partial charge in [0.1, 0.15) is 5.82 Å². The van der Waals surface area contributed by atoms with Crippen LogP contribution in [0.15, 0.2) is 34.9 Å². The van der Waals surface area contributed by atoms with E-state index in [1.165, 1.54) is 12.1 Å². The monoisotopic (exact) mass is 316 g/mol. The zero-order valence-corrected chi connectivity index (χ0v) is 12.5. The number of benzene rings is 1. The average Bonchev–Trinajstić information content (AvgIpc) is 3.14. The van der Waals surface area contributed by atoms with Crippen LogP contribution in [-0.4, -0.2) is 33.7 Å². The molecule has 120 valence electrons. The maximum Gasteiger partial charge on any atom is 0.293 e. The normalized spacial score (nSPS) is 24.2. The topological polar surface area (TPSA) is 66.6 Å². The summed E-state index contributed by atoms with van der Waals surface area (Å²) < 4.78 is 18.3. The molecular formula is C17H17FN2O3. The number of aromatic nitrogens is 1. The minimum atomic E-state index is -0.597. The van der Waals surface area contributed by atoms with Crippen molar-refractivity contribution in [2.75, 3.05) is 6.54 Å². The van der Waals surface area contributed by atoms with Gasteiger partial charge in [-0.15, -0.1) is 0 Å². The highest BCUT2D eigenvalue weighted by Crippen LogP contribution is 2.40. The van der Waals surface area contributed by atoms with E-state index >= 15 is 0 Å². The quantitative estimate of drug-likeness (QED) is 0.945. The molecule has 2 aliphatic rings. The molecule has 1 aromatic heterocycles. The van der Waals surface area contributed by atoms with E-state index < -0.39 is 6.10 Å². The Labute approximate surface area is 132 Å². The molecule has 1 aliphatic heterocycles. The first-order chi connectivity index (χ1) is 11.1. The maximum atomic E-state index is 13.1. The third-order valence-corrected chi connectivity index (χ3v) is 4.53. The fourth-order valence-corrected chi connectivity index (χ4v) is 3.14. The third kappa shape index (κ3) is 2.74. The Balaban J connectivity index is 1.59. The summed E-state index contributed by atoms with van der Waals surface area (Å²) in [7, 11) is 0. The number of aliphatic hydroxyl groups is 1. The minimum Gasteiger partial charge on any atom is -0.391 e. The highest BCUT2D eigenvalue weighted by Gasteiger charge is 2.38. The summed E-state index contributed by atoms with van der Waals surface area (Å²) in [6, 6.07) is 7.44. The van der Waals surface area contributed by atoms with Gasteiger partial charge < -0.3 is 14.5 Å². The zero-order chi connectivity index (χ0) is 16.0. The van der Waals surface area contributed by atoms with E-state index in [2.05, 4.69) is 5.16 Å². The van der Waals surface area contributed by atoms with Crippen LogP contribution in [-0.2, 0) is 0 Å². The Hall–Kier alpha value is -2.21. The fourth-order valence-electron chi connectivity index (χ4n) is 3.14. The minimum absolute atomic E-state index is 0.202. The SMILES string of the molecule is O=C(c1cc(C2CC2)no1)N1C[C@@H](O)C[C@H]1c1ccc(F)cc1. The number of nitrogens with zero attached hydrogens (tertiary/aromatic N) is 2. The van der Waals surface area contributed by atoms with Crippen LogP contribution in [0.5, 0.6) is 0 Å². The van der Waals surface area contributed by atoms with E-state index in [4.69, 9.17) is 4.52 Å². The van der Waals surface area contributed by atoms with Gasteiger partial charge in [0.15, 0.2) is 0 Å². The van der Waals surface area contributed by atoms with Crippen molar-refractivity contribution in [2.24, 2.45) is 0 Å². The molecule has 0 radical (unpaired) electrons. The van der Waals surface area contributed by atoms with Gasteiger partial charge in [-0.25, -0.2) is 4.39 Å². The van der Waals surface area contributed by atoms with Crippen molar-refractivity contribution >= 4 is 5.91 Å². The lowest BCUT2D eigenvalue weighted by Gasteiger charge is -2.23. The Morgan fingerprint density at radius 1 is 1.30 bits per heavy atom. The number of halogens is 1. The number of β-amino-alcohol motifs (C(OH)–C–C–N with tert-alkyl or cyclic N) is 1. The van der Waals surface area contributed by atoms with Gasteiger partial charge in [-0.1, -0.05) is 17.3 Å². The smallest absolute Gasteiger partial charge is 0.293 e. The molecule has 1 aromatic carbocycles. The summed E-state index contributed by atoms with van der Waals surface area (Å²) >= 11 is 0. The van der Waals surface area contributed by atoms with E-state index in [1.807, 2.05) is 0 Å². The number of hydrogen-bond donors (Lipinski definition) is 1. The summed E-state index contributed by atoms with van der Waals surface area (Å²) in [6.07, 6.45) is 2.00. The number of likely N-dealkylation sites (tertiary alicyclic amines) is 1. The second-order valence-electron chi connectivity index (χ2n) is 6.30. The number of amides is 1. The van der Waals surface area contributed by atoms with Gasteiger partial charge in [0.25, 0.3) is 5.91 Å². The molecule has 1 N–H and O–H groups in total. The summed E-state index contributed by atoms with van der Waals surface area (Å²) in [5.41, 5.74) is 1.63. The first-order valence-corrected chi connectivity index (χ1v) is 7.83. The number of carbonyl (C=O) groups excluding carboxylic acids is 1. The van der Waals surface area contributed by atoms with E-state index in [-0.39, 0.29) is 30.1 Å². The van der Waals surface area contributed by atoms with Crippen LogP contribution in [0.2, 0.25) is 0 Å². The molecule has 23 heavy (non-hydrogen) atoms. The van der Waals surface area contributed by atoms with Crippen LogP contribution >= 0.6 is 0 Å². The van der Waals surface area contributed by atoms with Crippen LogP contribution in [0.1, 0.15) is 53.0 Å². The number of rotatable bonds is 3. The van der Waals surface area contributed by atoms with Crippen molar-refractivity contribution in [1.29, 1.82) is 0 Å². The molecule has 0 spiro atoms. The van der Waals surface area contributed by atoms with Crippen molar-refractivity contribution in [3.05, 3.63) is 53.2 Å². The van der Waals surface area contributed by atoms with Crippen molar-refractivity contribution in [1.82, 2.24) is 10.1 Å². The molecule has 6 heteroatoms. The number of hydrogen-bond acceptors (Lipinski definition) is 4. The lowest BCUT2D eigenvalue weighted by molar-refractivity contribution is 0.0674. The van der Waals surface area contributed by atoms with Gasteiger partial charge in [0.05, 0.1) is 17.8 Å². The van der Waals surface area contributed by atoms with Crippen molar-refractivity contribution < 1.29 is 18.8 Å². The van der Waals surface area contributed by atoms with Gasteiger partial charge in [0.2, 0.25) is 5.76 Å². The molecule has 1 saturated carbocycles.